The van der Waals surface area contributed by atoms with E-state index in [1.807, 2.05) is 7.05 Å². The van der Waals surface area contributed by atoms with Gasteiger partial charge in [-0.1, -0.05) is 44.5 Å². The van der Waals surface area contributed by atoms with Gasteiger partial charge >= 0.3 is 0 Å². The van der Waals surface area contributed by atoms with Gasteiger partial charge in [-0.15, -0.1) is 0 Å². The Morgan fingerprint density at radius 2 is 1.83 bits per heavy atom. The van der Waals surface area contributed by atoms with Gasteiger partial charge in [-0.3, -0.25) is 4.21 Å². The zero-order valence-corrected chi connectivity index (χ0v) is 12.6. The second-order valence-corrected chi connectivity index (χ2v) is 6.26. The molecule has 18 heavy (non-hydrogen) atoms. The molecule has 3 heteroatoms. The van der Waals surface area contributed by atoms with Gasteiger partial charge in [0.05, 0.1) is 0 Å². The minimum atomic E-state index is -0.722. The van der Waals surface area contributed by atoms with Gasteiger partial charge in [-0.2, -0.15) is 0 Å². The average Bonchev–Trinajstić information content (AvgIpc) is 2.38. The Bertz CT molecular complexity index is 361. The Kier molecular flexibility index (Phi) is 7.21. The van der Waals surface area contributed by atoms with Crippen molar-refractivity contribution in [3.8, 4) is 0 Å². The molecule has 1 aromatic rings. The maximum atomic E-state index is 11.8. The van der Waals surface area contributed by atoms with Crippen LogP contribution in [0.2, 0.25) is 0 Å². The van der Waals surface area contributed by atoms with Crippen molar-refractivity contribution in [2.45, 2.75) is 39.2 Å². The summed E-state index contributed by atoms with van der Waals surface area (Å²) in [4.78, 5) is 0. The maximum absolute atomic E-state index is 11.8. The molecule has 2 nitrogen and oxygen atoms in total. The lowest BCUT2D eigenvalue weighted by Crippen LogP contribution is -2.23. The molecule has 0 aromatic heterocycles. The molecule has 0 saturated heterocycles. The molecule has 0 aliphatic rings. The standard InChI is InChI=1S/C15H25NOS/c1-4-6-13-7-9-14(10-8-13)15(16-3)12-18(17)11-5-2/h7-10,15-16H,4-6,11-12H2,1-3H3. The van der Waals surface area contributed by atoms with Gasteiger partial charge in [0.2, 0.25) is 0 Å². The Morgan fingerprint density at radius 3 is 2.33 bits per heavy atom. The SMILES string of the molecule is CCCc1ccc(C(CS(=O)CCC)NC)cc1. The first kappa shape index (κ1) is 15.4. The van der Waals surface area contributed by atoms with Gasteiger partial charge < -0.3 is 5.32 Å². The molecule has 1 rings (SSSR count). The molecule has 102 valence electrons. The number of hydrogen-bond acceptors (Lipinski definition) is 2. The lowest BCUT2D eigenvalue weighted by Gasteiger charge is -2.16. The minimum Gasteiger partial charge on any atom is -0.312 e. The normalized spacial score (nSPS) is 14.4. The first-order valence-electron chi connectivity index (χ1n) is 6.82. The van der Waals surface area contributed by atoms with Crippen molar-refractivity contribution >= 4 is 10.8 Å². The second kappa shape index (κ2) is 8.44. The van der Waals surface area contributed by atoms with Crippen LogP contribution in [0, 0.1) is 0 Å². The first-order chi connectivity index (χ1) is 8.71. The molecule has 0 spiro atoms. The van der Waals surface area contributed by atoms with Crippen molar-refractivity contribution in [3.05, 3.63) is 35.4 Å². The van der Waals surface area contributed by atoms with Crippen LogP contribution in [0.1, 0.15) is 43.9 Å². The molecule has 0 bridgehead atoms. The predicted molar refractivity (Wildman–Crippen MR) is 80.4 cm³/mol. The maximum Gasteiger partial charge on any atom is 0.0434 e. The third-order valence-electron chi connectivity index (χ3n) is 3.05. The largest absolute Gasteiger partial charge is 0.312 e. The van der Waals surface area contributed by atoms with Crippen LogP contribution in [0.25, 0.3) is 0 Å². The molecule has 0 aliphatic heterocycles. The summed E-state index contributed by atoms with van der Waals surface area (Å²) in [6.07, 6.45) is 3.29. The number of aryl methyl sites for hydroxylation is 1. The van der Waals surface area contributed by atoms with Crippen molar-refractivity contribution in [3.63, 3.8) is 0 Å². The van der Waals surface area contributed by atoms with Crippen LogP contribution in [0.4, 0.5) is 0 Å². The van der Waals surface area contributed by atoms with E-state index in [2.05, 4.69) is 43.4 Å². The van der Waals surface area contributed by atoms with Crippen LogP contribution >= 0.6 is 0 Å². The highest BCUT2D eigenvalue weighted by atomic mass is 32.2. The topological polar surface area (TPSA) is 29.1 Å². The van der Waals surface area contributed by atoms with E-state index in [9.17, 15) is 4.21 Å². The Hall–Kier alpha value is -0.670. The summed E-state index contributed by atoms with van der Waals surface area (Å²) in [5.74, 6) is 1.50. The predicted octanol–water partition coefficient (Wildman–Crippen LogP) is 3.06. The van der Waals surface area contributed by atoms with Crippen molar-refractivity contribution < 1.29 is 4.21 Å². The van der Waals surface area contributed by atoms with Gasteiger partial charge in [0.1, 0.15) is 0 Å². The van der Waals surface area contributed by atoms with Crippen LogP contribution in [0.15, 0.2) is 24.3 Å². The summed E-state index contributed by atoms with van der Waals surface area (Å²) in [6.45, 7) is 4.27. The fourth-order valence-corrected chi connectivity index (χ4v) is 3.40. The zero-order valence-electron chi connectivity index (χ0n) is 11.7. The van der Waals surface area contributed by atoms with Gasteiger partial charge in [-0.25, -0.2) is 0 Å². The Labute approximate surface area is 114 Å². The van der Waals surface area contributed by atoms with Crippen molar-refractivity contribution in [1.29, 1.82) is 0 Å². The highest BCUT2D eigenvalue weighted by Crippen LogP contribution is 2.16. The van der Waals surface area contributed by atoms with Gasteiger partial charge in [0.15, 0.2) is 0 Å². The molecule has 0 radical (unpaired) electrons. The quantitative estimate of drug-likeness (QED) is 0.784. The summed E-state index contributed by atoms with van der Waals surface area (Å²) in [5.41, 5.74) is 2.62. The lowest BCUT2D eigenvalue weighted by atomic mass is 10.0. The molecule has 0 amide bonds. The fraction of sp³-hybridized carbons (Fsp3) is 0.600. The van der Waals surface area contributed by atoms with Crippen LogP contribution in [-0.2, 0) is 17.2 Å². The van der Waals surface area contributed by atoms with E-state index >= 15 is 0 Å². The third kappa shape index (κ3) is 4.91. The minimum absolute atomic E-state index is 0.202. The van der Waals surface area contributed by atoms with Crippen molar-refractivity contribution in [2.24, 2.45) is 0 Å². The van der Waals surface area contributed by atoms with E-state index in [0.29, 0.717) is 5.75 Å². The average molecular weight is 267 g/mol. The van der Waals surface area contributed by atoms with E-state index in [1.165, 1.54) is 17.5 Å². The molecule has 2 atom stereocenters. The van der Waals surface area contributed by atoms with E-state index in [4.69, 9.17) is 0 Å². The lowest BCUT2D eigenvalue weighted by molar-refractivity contribution is 0.634. The molecule has 0 saturated carbocycles. The molecule has 1 aromatic carbocycles. The number of hydrogen-bond donors (Lipinski definition) is 1. The second-order valence-electron chi connectivity index (χ2n) is 4.64. The van der Waals surface area contributed by atoms with Gasteiger partial charge in [0.25, 0.3) is 0 Å². The van der Waals surface area contributed by atoms with Crippen LogP contribution in [0.3, 0.4) is 0 Å². The molecule has 0 fully saturated rings. The summed E-state index contributed by atoms with van der Waals surface area (Å²) >= 11 is 0. The summed E-state index contributed by atoms with van der Waals surface area (Å²) in [6, 6.07) is 8.90. The molecular weight excluding hydrogens is 242 g/mol. The fourth-order valence-electron chi connectivity index (χ4n) is 2.05. The smallest absolute Gasteiger partial charge is 0.0434 e. The zero-order chi connectivity index (χ0) is 13.4. The number of nitrogens with one attached hydrogen (secondary N) is 1. The molecule has 2 unspecified atom stereocenters. The summed E-state index contributed by atoms with van der Waals surface area (Å²) in [7, 11) is 1.22. The highest BCUT2D eigenvalue weighted by molar-refractivity contribution is 7.85. The molecule has 1 N–H and O–H groups in total. The van der Waals surface area contributed by atoms with E-state index < -0.39 is 10.8 Å². The van der Waals surface area contributed by atoms with Crippen molar-refractivity contribution in [2.75, 3.05) is 18.6 Å². The number of rotatable bonds is 8. The molecule has 0 heterocycles. The number of benzene rings is 1. The Balaban J connectivity index is 2.66. The monoisotopic (exact) mass is 267 g/mol. The van der Waals surface area contributed by atoms with Gasteiger partial charge in [-0.05, 0) is 31.0 Å². The molecular formula is C15H25NOS. The first-order valence-corrected chi connectivity index (χ1v) is 8.31. The third-order valence-corrected chi connectivity index (χ3v) is 4.62. The highest BCUT2D eigenvalue weighted by Gasteiger charge is 2.12. The van der Waals surface area contributed by atoms with Crippen LogP contribution in [-0.4, -0.2) is 22.8 Å². The van der Waals surface area contributed by atoms with E-state index in [1.54, 1.807) is 0 Å². The van der Waals surface area contributed by atoms with Crippen LogP contribution < -0.4 is 5.32 Å². The molecule has 0 aliphatic carbocycles. The van der Waals surface area contributed by atoms with E-state index in [-0.39, 0.29) is 6.04 Å². The summed E-state index contributed by atoms with van der Waals surface area (Å²) < 4.78 is 11.8. The van der Waals surface area contributed by atoms with E-state index in [0.717, 1.165) is 18.6 Å². The summed E-state index contributed by atoms with van der Waals surface area (Å²) in [5, 5.41) is 3.27. The van der Waals surface area contributed by atoms with Gasteiger partial charge in [0, 0.05) is 28.3 Å². The van der Waals surface area contributed by atoms with Crippen molar-refractivity contribution in [1.82, 2.24) is 5.32 Å². The Morgan fingerprint density at radius 1 is 1.17 bits per heavy atom. The van der Waals surface area contributed by atoms with Crippen LogP contribution in [0.5, 0.6) is 0 Å².